The van der Waals surface area contributed by atoms with Crippen molar-refractivity contribution < 1.29 is 4.79 Å². The van der Waals surface area contributed by atoms with Crippen LogP contribution in [0.5, 0.6) is 0 Å². The van der Waals surface area contributed by atoms with Crippen LogP contribution in [-0.4, -0.2) is 10.9 Å². The number of carbonyl (C=O) groups is 1. The van der Waals surface area contributed by atoms with Crippen LogP contribution in [0, 0.1) is 0 Å². The van der Waals surface area contributed by atoms with Crippen LogP contribution in [0.15, 0.2) is 60.7 Å². The Labute approximate surface area is 122 Å². The van der Waals surface area contributed by atoms with Crippen molar-refractivity contribution in [1.82, 2.24) is 10.3 Å². The molecule has 3 rings (SSSR count). The maximum absolute atomic E-state index is 12.1. The van der Waals surface area contributed by atoms with Gasteiger partial charge in [-0.1, -0.05) is 36.4 Å². The van der Waals surface area contributed by atoms with E-state index in [4.69, 9.17) is 5.73 Å². The van der Waals surface area contributed by atoms with Crippen molar-refractivity contribution in [2.24, 2.45) is 0 Å². The average molecular weight is 277 g/mol. The summed E-state index contributed by atoms with van der Waals surface area (Å²) in [7, 11) is 0. The van der Waals surface area contributed by atoms with Gasteiger partial charge < -0.3 is 11.1 Å². The Hall–Kier alpha value is -2.88. The predicted octanol–water partition coefficient (Wildman–Crippen LogP) is 2.75. The molecule has 104 valence electrons. The van der Waals surface area contributed by atoms with Crippen molar-refractivity contribution in [3.05, 3.63) is 71.9 Å². The van der Waals surface area contributed by atoms with Gasteiger partial charge in [-0.3, -0.25) is 4.79 Å². The quantitative estimate of drug-likeness (QED) is 0.723. The number of nitrogens with two attached hydrogens (primary N) is 1. The third-order valence-corrected chi connectivity index (χ3v) is 3.24. The van der Waals surface area contributed by atoms with E-state index in [0.29, 0.717) is 17.9 Å². The predicted molar refractivity (Wildman–Crippen MR) is 83.8 cm³/mol. The summed E-state index contributed by atoms with van der Waals surface area (Å²) in [6, 6.07) is 18.8. The van der Waals surface area contributed by atoms with Gasteiger partial charge in [-0.2, -0.15) is 0 Å². The van der Waals surface area contributed by atoms with Gasteiger partial charge in [0, 0.05) is 17.6 Å². The van der Waals surface area contributed by atoms with Crippen molar-refractivity contribution in [2.75, 3.05) is 5.73 Å². The van der Waals surface area contributed by atoms with Gasteiger partial charge in [-0.05, 0) is 29.8 Å². The molecule has 0 saturated heterocycles. The van der Waals surface area contributed by atoms with E-state index in [0.717, 1.165) is 16.5 Å². The first-order chi connectivity index (χ1) is 10.2. The molecule has 1 heterocycles. The van der Waals surface area contributed by atoms with Gasteiger partial charge in [0.2, 0.25) is 0 Å². The van der Waals surface area contributed by atoms with E-state index in [1.807, 2.05) is 54.6 Å². The summed E-state index contributed by atoms with van der Waals surface area (Å²) in [5.41, 5.74) is 8.59. The second-order valence-electron chi connectivity index (χ2n) is 4.82. The molecule has 3 aromatic rings. The molecule has 1 amide bonds. The number of benzene rings is 2. The van der Waals surface area contributed by atoms with Crippen LogP contribution in [0.2, 0.25) is 0 Å². The minimum Gasteiger partial charge on any atom is -0.399 e. The number of rotatable bonds is 3. The lowest BCUT2D eigenvalue weighted by molar-refractivity contribution is 0.0946. The molecule has 3 N–H and O–H groups in total. The Bertz CT molecular complexity index is 799. The number of fused-ring (bicyclic) bond motifs is 1. The molecule has 0 atom stereocenters. The van der Waals surface area contributed by atoms with E-state index >= 15 is 0 Å². The molecule has 0 unspecified atom stereocenters. The molecule has 0 radical (unpaired) electrons. The molecule has 0 spiro atoms. The van der Waals surface area contributed by atoms with E-state index in [2.05, 4.69) is 10.3 Å². The standard InChI is InChI=1S/C17H15N3O/c18-14-6-3-4-12(10-14)11-19-17(21)16-9-8-13-5-1-2-7-15(13)20-16/h1-10H,11,18H2,(H,19,21). The molecule has 0 aliphatic heterocycles. The van der Waals surface area contributed by atoms with Gasteiger partial charge in [0.15, 0.2) is 0 Å². The van der Waals surface area contributed by atoms with Gasteiger partial charge in [-0.25, -0.2) is 4.98 Å². The van der Waals surface area contributed by atoms with E-state index in [1.165, 1.54) is 0 Å². The summed E-state index contributed by atoms with van der Waals surface area (Å²) >= 11 is 0. The number of hydrogen-bond donors (Lipinski definition) is 2. The fourth-order valence-corrected chi connectivity index (χ4v) is 2.17. The van der Waals surface area contributed by atoms with Gasteiger partial charge in [0.1, 0.15) is 5.69 Å². The van der Waals surface area contributed by atoms with Gasteiger partial charge >= 0.3 is 0 Å². The normalized spacial score (nSPS) is 10.5. The van der Waals surface area contributed by atoms with Crippen molar-refractivity contribution in [3.8, 4) is 0 Å². The number of carbonyl (C=O) groups excluding carboxylic acids is 1. The van der Waals surface area contributed by atoms with Crippen LogP contribution in [0.4, 0.5) is 5.69 Å². The first-order valence-electron chi connectivity index (χ1n) is 6.71. The number of nitrogen functional groups attached to an aromatic ring is 1. The van der Waals surface area contributed by atoms with Crippen molar-refractivity contribution in [3.63, 3.8) is 0 Å². The molecule has 0 saturated carbocycles. The minimum absolute atomic E-state index is 0.192. The fraction of sp³-hybridized carbons (Fsp3) is 0.0588. The second-order valence-corrected chi connectivity index (χ2v) is 4.82. The highest BCUT2D eigenvalue weighted by atomic mass is 16.1. The molecule has 4 heteroatoms. The van der Waals surface area contributed by atoms with Crippen molar-refractivity contribution >= 4 is 22.5 Å². The van der Waals surface area contributed by atoms with Crippen LogP contribution >= 0.6 is 0 Å². The number of nitrogens with zero attached hydrogens (tertiary/aromatic N) is 1. The fourth-order valence-electron chi connectivity index (χ4n) is 2.17. The third-order valence-electron chi connectivity index (χ3n) is 3.24. The highest BCUT2D eigenvalue weighted by molar-refractivity contribution is 5.94. The zero-order valence-corrected chi connectivity index (χ0v) is 11.4. The number of hydrogen-bond acceptors (Lipinski definition) is 3. The van der Waals surface area contributed by atoms with Crippen LogP contribution in [0.25, 0.3) is 10.9 Å². The first-order valence-corrected chi connectivity index (χ1v) is 6.71. The molecule has 0 aliphatic carbocycles. The van der Waals surface area contributed by atoms with Gasteiger partial charge in [0.25, 0.3) is 5.91 Å². The number of pyridine rings is 1. The van der Waals surface area contributed by atoms with Crippen molar-refractivity contribution in [1.29, 1.82) is 0 Å². The summed E-state index contributed by atoms with van der Waals surface area (Å²) in [5, 5.41) is 3.87. The van der Waals surface area contributed by atoms with Crippen LogP contribution < -0.4 is 11.1 Å². The van der Waals surface area contributed by atoms with E-state index in [-0.39, 0.29) is 5.91 Å². The second kappa shape index (κ2) is 5.63. The SMILES string of the molecule is Nc1cccc(CNC(=O)c2ccc3ccccc3n2)c1. The number of nitrogens with one attached hydrogen (secondary N) is 1. The molecule has 4 nitrogen and oxygen atoms in total. The lowest BCUT2D eigenvalue weighted by Crippen LogP contribution is -2.23. The van der Waals surface area contributed by atoms with E-state index < -0.39 is 0 Å². The maximum Gasteiger partial charge on any atom is 0.270 e. The highest BCUT2D eigenvalue weighted by Crippen LogP contribution is 2.12. The maximum atomic E-state index is 12.1. The van der Waals surface area contributed by atoms with Crippen LogP contribution in [0.3, 0.4) is 0 Å². The van der Waals surface area contributed by atoms with Gasteiger partial charge in [0.05, 0.1) is 5.52 Å². The Morgan fingerprint density at radius 3 is 2.76 bits per heavy atom. The molecule has 0 aliphatic rings. The summed E-state index contributed by atoms with van der Waals surface area (Å²) in [6.45, 7) is 0.429. The first kappa shape index (κ1) is 13.1. The Morgan fingerprint density at radius 1 is 1.05 bits per heavy atom. The zero-order chi connectivity index (χ0) is 14.7. The molecule has 2 aromatic carbocycles. The summed E-state index contributed by atoms with van der Waals surface area (Å²) < 4.78 is 0. The molecule has 0 bridgehead atoms. The molecule has 1 aromatic heterocycles. The number of aromatic nitrogens is 1. The minimum atomic E-state index is -0.192. The third kappa shape index (κ3) is 3.00. The highest BCUT2D eigenvalue weighted by Gasteiger charge is 2.07. The van der Waals surface area contributed by atoms with Crippen molar-refractivity contribution in [2.45, 2.75) is 6.54 Å². The van der Waals surface area contributed by atoms with Crippen LogP contribution in [0.1, 0.15) is 16.1 Å². The summed E-state index contributed by atoms with van der Waals surface area (Å²) in [4.78, 5) is 16.5. The van der Waals surface area contributed by atoms with E-state index in [1.54, 1.807) is 6.07 Å². The lowest BCUT2D eigenvalue weighted by Gasteiger charge is -2.06. The molecular weight excluding hydrogens is 262 g/mol. The topological polar surface area (TPSA) is 68.0 Å². The lowest BCUT2D eigenvalue weighted by atomic mass is 10.2. The Kier molecular flexibility index (Phi) is 3.51. The molecular formula is C17H15N3O. The average Bonchev–Trinajstić information content (AvgIpc) is 2.52. The number of para-hydroxylation sites is 1. The Morgan fingerprint density at radius 2 is 1.90 bits per heavy atom. The van der Waals surface area contributed by atoms with Gasteiger partial charge in [-0.15, -0.1) is 0 Å². The molecule has 21 heavy (non-hydrogen) atoms. The zero-order valence-electron chi connectivity index (χ0n) is 11.4. The largest absolute Gasteiger partial charge is 0.399 e. The summed E-state index contributed by atoms with van der Waals surface area (Å²) in [6.07, 6.45) is 0. The molecule has 0 fully saturated rings. The summed E-state index contributed by atoms with van der Waals surface area (Å²) in [5.74, 6) is -0.192. The smallest absolute Gasteiger partial charge is 0.270 e. The monoisotopic (exact) mass is 277 g/mol. The number of anilines is 1. The Balaban J connectivity index is 1.74. The van der Waals surface area contributed by atoms with Crippen LogP contribution in [-0.2, 0) is 6.54 Å². The number of amides is 1. The van der Waals surface area contributed by atoms with E-state index in [9.17, 15) is 4.79 Å².